The van der Waals surface area contributed by atoms with Gasteiger partial charge < -0.3 is 4.74 Å². The average Bonchev–Trinajstić information content (AvgIpc) is 2.84. The third kappa shape index (κ3) is 4.98. The molecule has 0 saturated carbocycles. The molecule has 0 aromatic heterocycles. The van der Waals surface area contributed by atoms with Crippen LogP contribution in [0.4, 0.5) is 0 Å². The first-order chi connectivity index (χ1) is 11.9. The quantitative estimate of drug-likeness (QED) is 0.646. The zero-order chi connectivity index (χ0) is 18.4. The largest absolute Gasteiger partial charge is 0.492 e. The van der Waals surface area contributed by atoms with Crippen LogP contribution >= 0.6 is 0 Å². The van der Waals surface area contributed by atoms with Crippen molar-refractivity contribution in [3.8, 4) is 5.75 Å². The molecule has 0 radical (unpaired) electrons. The van der Waals surface area contributed by atoms with Gasteiger partial charge in [0.05, 0.1) is 6.61 Å². The monoisotopic (exact) mass is 367 g/mol. The van der Waals surface area contributed by atoms with Gasteiger partial charge in [-0.3, -0.25) is 0 Å². The Morgan fingerprint density at radius 1 is 1.12 bits per heavy atom. The lowest BCUT2D eigenvalue weighted by molar-refractivity contribution is 0.299. The summed E-state index contributed by atoms with van der Waals surface area (Å²) in [5.41, 5.74) is 2.17. The highest BCUT2D eigenvalue weighted by Crippen LogP contribution is 2.34. The van der Waals surface area contributed by atoms with Crippen molar-refractivity contribution < 1.29 is 13.2 Å². The van der Waals surface area contributed by atoms with Gasteiger partial charge >= 0.3 is 0 Å². The first-order valence-electron chi connectivity index (χ1n) is 9.65. The topological polar surface area (TPSA) is 46.6 Å². The minimum absolute atomic E-state index is 0.280. The number of nitrogens with zero attached hydrogens (tertiary/aromatic N) is 1. The first-order valence-corrected chi connectivity index (χ1v) is 11.1. The fourth-order valence-corrected chi connectivity index (χ4v) is 5.03. The maximum absolute atomic E-state index is 13.3. The number of hydrogen-bond donors (Lipinski definition) is 0. The maximum atomic E-state index is 13.3. The molecule has 0 bridgehead atoms. The molecule has 1 aromatic carbocycles. The van der Waals surface area contributed by atoms with E-state index in [9.17, 15) is 8.42 Å². The van der Waals surface area contributed by atoms with Crippen molar-refractivity contribution in [2.24, 2.45) is 0 Å². The Bertz CT molecular complexity index is 660. The summed E-state index contributed by atoms with van der Waals surface area (Å²) in [5, 5.41) is 0. The Balaban J connectivity index is 2.45. The molecule has 25 heavy (non-hydrogen) atoms. The Morgan fingerprint density at radius 2 is 1.76 bits per heavy atom. The Labute approximate surface area is 153 Å². The molecule has 0 spiro atoms. The molecule has 2 rings (SSSR count). The second-order valence-electron chi connectivity index (χ2n) is 7.33. The highest BCUT2D eigenvalue weighted by atomic mass is 32.2. The summed E-state index contributed by atoms with van der Waals surface area (Å²) >= 11 is 0. The Morgan fingerprint density at radius 3 is 2.32 bits per heavy atom. The average molecular weight is 368 g/mol. The summed E-state index contributed by atoms with van der Waals surface area (Å²) in [6.07, 6.45) is 6.04. The smallest absolute Gasteiger partial charge is 0.246 e. The molecule has 1 heterocycles. The van der Waals surface area contributed by atoms with Crippen molar-refractivity contribution in [3.63, 3.8) is 0 Å². The van der Waals surface area contributed by atoms with Gasteiger partial charge in [0.1, 0.15) is 10.6 Å². The van der Waals surface area contributed by atoms with E-state index in [4.69, 9.17) is 4.74 Å². The third-order valence-electron chi connectivity index (χ3n) is 4.89. The van der Waals surface area contributed by atoms with Gasteiger partial charge in [0, 0.05) is 13.1 Å². The zero-order valence-electron chi connectivity index (χ0n) is 16.2. The molecule has 5 heteroatoms. The summed E-state index contributed by atoms with van der Waals surface area (Å²) in [7, 11) is -3.52. The summed E-state index contributed by atoms with van der Waals surface area (Å²) in [6, 6.07) is 3.76. The second-order valence-corrected chi connectivity index (χ2v) is 9.24. The number of sulfonamides is 1. The van der Waals surface area contributed by atoms with Crippen LogP contribution in [0.5, 0.6) is 5.75 Å². The minimum atomic E-state index is -3.52. The van der Waals surface area contributed by atoms with E-state index < -0.39 is 10.0 Å². The fourth-order valence-electron chi connectivity index (χ4n) is 3.36. The van der Waals surface area contributed by atoms with Crippen LogP contribution in [-0.2, 0) is 10.0 Å². The van der Waals surface area contributed by atoms with Crippen LogP contribution in [0.3, 0.4) is 0 Å². The maximum Gasteiger partial charge on any atom is 0.246 e. The van der Waals surface area contributed by atoms with Crippen molar-refractivity contribution in [1.29, 1.82) is 0 Å². The number of aryl methyl sites for hydroxylation is 1. The van der Waals surface area contributed by atoms with E-state index in [0.29, 0.717) is 30.3 Å². The van der Waals surface area contributed by atoms with E-state index in [1.165, 1.54) is 0 Å². The minimum Gasteiger partial charge on any atom is -0.492 e. The normalized spacial score (nSPS) is 16.8. The van der Waals surface area contributed by atoms with Gasteiger partial charge in [-0.05, 0) is 55.4 Å². The highest BCUT2D eigenvalue weighted by Gasteiger charge is 2.29. The molecule has 4 nitrogen and oxygen atoms in total. The van der Waals surface area contributed by atoms with E-state index in [-0.39, 0.29) is 5.92 Å². The van der Waals surface area contributed by atoms with Gasteiger partial charge in [0.25, 0.3) is 0 Å². The molecule has 1 aromatic rings. The van der Waals surface area contributed by atoms with Gasteiger partial charge in [-0.1, -0.05) is 40.0 Å². The SMILES string of the molecule is CCCCOc1cc(C)c(C(C)C)cc1S(=O)(=O)N1CCCCCC1. The molecule has 0 N–H and O–H groups in total. The summed E-state index contributed by atoms with van der Waals surface area (Å²) < 4.78 is 34.2. The van der Waals surface area contributed by atoms with E-state index in [2.05, 4.69) is 20.8 Å². The molecular formula is C20H33NO3S. The van der Waals surface area contributed by atoms with Gasteiger partial charge in [0.15, 0.2) is 0 Å². The predicted octanol–water partition coefficient (Wildman–Crippen LogP) is 4.86. The summed E-state index contributed by atoms with van der Waals surface area (Å²) in [6.45, 7) is 10.1. The number of rotatable bonds is 7. The van der Waals surface area contributed by atoms with Crippen molar-refractivity contribution in [1.82, 2.24) is 4.31 Å². The molecule has 1 aliphatic heterocycles. The van der Waals surface area contributed by atoms with E-state index in [1.54, 1.807) is 4.31 Å². The van der Waals surface area contributed by atoms with Crippen molar-refractivity contribution in [3.05, 3.63) is 23.3 Å². The molecule has 0 unspecified atom stereocenters. The predicted molar refractivity (Wildman–Crippen MR) is 103 cm³/mol. The molecule has 1 fully saturated rings. The Kier molecular flexibility index (Phi) is 7.32. The van der Waals surface area contributed by atoms with Crippen LogP contribution in [0.25, 0.3) is 0 Å². The van der Waals surface area contributed by atoms with Crippen LogP contribution in [0, 0.1) is 6.92 Å². The third-order valence-corrected chi connectivity index (χ3v) is 6.81. The highest BCUT2D eigenvalue weighted by molar-refractivity contribution is 7.89. The van der Waals surface area contributed by atoms with Gasteiger partial charge in [-0.25, -0.2) is 8.42 Å². The Hall–Kier alpha value is -1.07. The molecule has 0 amide bonds. The summed E-state index contributed by atoms with van der Waals surface area (Å²) in [5.74, 6) is 0.794. The van der Waals surface area contributed by atoms with E-state index >= 15 is 0 Å². The van der Waals surface area contributed by atoms with Crippen molar-refractivity contribution in [2.75, 3.05) is 19.7 Å². The fraction of sp³-hybridized carbons (Fsp3) is 0.700. The number of unbranched alkanes of at least 4 members (excludes halogenated alkanes) is 1. The van der Waals surface area contributed by atoms with Gasteiger partial charge in [-0.2, -0.15) is 4.31 Å². The number of hydrogen-bond acceptors (Lipinski definition) is 3. The number of ether oxygens (including phenoxy) is 1. The lowest BCUT2D eigenvalue weighted by Crippen LogP contribution is -2.32. The van der Waals surface area contributed by atoms with Crippen LogP contribution in [0.2, 0.25) is 0 Å². The van der Waals surface area contributed by atoms with Gasteiger partial charge in [0.2, 0.25) is 10.0 Å². The van der Waals surface area contributed by atoms with Crippen molar-refractivity contribution in [2.45, 2.75) is 77.0 Å². The first kappa shape index (κ1) is 20.2. The standard InChI is InChI=1S/C20H33NO3S/c1-5-6-13-24-19-14-17(4)18(16(2)3)15-20(19)25(22,23)21-11-9-7-8-10-12-21/h14-16H,5-13H2,1-4H3. The lowest BCUT2D eigenvalue weighted by atomic mass is 9.98. The molecule has 142 valence electrons. The van der Waals surface area contributed by atoms with Crippen LogP contribution < -0.4 is 4.74 Å². The molecular weight excluding hydrogens is 334 g/mol. The molecule has 1 aliphatic rings. The van der Waals surface area contributed by atoms with Gasteiger partial charge in [-0.15, -0.1) is 0 Å². The van der Waals surface area contributed by atoms with Crippen molar-refractivity contribution >= 4 is 10.0 Å². The summed E-state index contributed by atoms with van der Waals surface area (Å²) in [4.78, 5) is 0.347. The van der Waals surface area contributed by atoms with E-state index in [0.717, 1.165) is 49.7 Å². The zero-order valence-corrected chi connectivity index (χ0v) is 17.0. The molecule has 1 saturated heterocycles. The molecule has 0 aliphatic carbocycles. The van der Waals surface area contributed by atoms with Crippen LogP contribution in [0.15, 0.2) is 17.0 Å². The van der Waals surface area contributed by atoms with Crippen LogP contribution in [0.1, 0.15) is 76.3 Å². The lowest BCUT2D eigenvalue weighted by Gasteiger charge is -2.23. The number of benzene rings is 1. The molecule has 0 atom stereocenters. The van der Waals surface area contributed by atoms with E-state index in [1.807, 2.05) is 19.1 Å². The van der Waals surface area contributed by atoms with Crippen LogP contribution in [-0.4, -0.2) is 32.4 Å². The second kappa shape index (κ2) is 9.04.